The number of nitrogens with one attached hydrogen (secondary N) is 1. The van der Waals surface area contributed by atoms with Crippen LogP contribution < -0.4 is 5.32 Å². The summed E-state index contributed by atoms with van der Waals surface area (Å²) in [6.45, 7) is 3.69. The molecule has 0 fully saturated rings. The maximum absolute atomic E-state index is 5.30. The van der Waals surface area contributed by atoms with Crippen molar-refractivity contribution in [3.05, 3.63) is 30.4 Å². The quantitative estimate of drug-likeness (QED) is 0.791. The van der Waals surface area contributed by atoms with E-state index in [1.165, 1.54) is 0 Å². The first-order chi connectivity index (χ1) is 9.83. The van der Waals surface area contributed by atoms with Crippen LogP contribution in [-0.2, 0) is 11.2 Å². The van der Waals surface area contributed by atoms with Gasteiger partial charge >= 0.3 is 0 Å². The van der Waals surface area contributed by atoms with Gasteiger partial charge in [-0.25, -0.2) is 0 Å². The van der Waals surface area contributed by atoms with Crippen LogP contribution in [-0.4, -0.2) is 41.4 Å². The molecule has 2 aromatic rings. The lowest BCUT2D eigenvalue weighted by atomic mass is 10.2. The van der Waals surface area contributed by atoms with E-state index < -0.39 is 0 Å². The van der Waals surface area contributed by atoms with Crippen molar-refractivity contribution >= 4 is 0 Å². The molecular formula is C14H20N4O2. The molecule has 0 amide bonds. The Morgan fingerprint density at radius 3 is 2.85 bits per heavy atom. The van der Waals surface area contributed by atoms with Gasteiger partial charge < -0.3 is 14.6 Å². The standard InChI is InChI=1S/C14H20N4O2/c1-3-6-16-12(10-19-2)9-13-17-14(18-20-13)11-4-7-15-8-5-11/h4-5,7-8,12,16H,3,6,9-10H2,1-2H3. The van der Waals surface area contributed by atoms with Crippen molar-refractivity contribution in [3.8, 4) is 11.4 Å². The van der Waals surface area contributed by atoms with Crippen molar-refractivity contribution in [3.63, 3.8) is 0 Å². The largest absolute Gasteiger partial charge is 0.383 e. The molecule has 1 atom stereocenters. The minimum absolute atomic E-state index is 0.186. The lowest BCUT2D eigenvalue weighted by molar-refractivity contribution is 0.161. The maximum atomic E-state index is 5.30. The van der Waals surface area contributed by atoms with Gasteiger partial charge in [0.2, 0.25) is 11.7 Å². The third-order valence-electron chi connectivity index (χ3n) is 2.88. The Hall–Kier alpha value is -1.79. The fraction of sp³-hybridized carbons (Fsp3) is 0.500. The Morgan fingerprint density at radius 1 is 1.35 bits per heavy atom. The molecule has 1 unspecified atom stereocenters. The molecular weight excluding hydrogens is 256 g/mol. The summed E-state index contributed by atoms with van der Waals surface area (Å²) in [5, 5.41) is 7.40. The molecule has 2 rings (SSSR count). The van der Waals surface area contributed by atoms with Crippen LogP contribution in [0.25, 0.3) is 11.4 Å². The van der Waals surface area contributed by atoms with Crippen molar-refractivity contribution < 1.29 is 9.26 Å². The molecule has 0 bridgehead atoms. The highest BCUT2D eigenvalue weighted by molar-refractivity contribution is 5.52. The molecule has 2 aromatic heterocycles. The smallest absolute Gasteiger partial charge is 0.228 e. The van der Waals surface area contributed by atoms with Crippen molar-refractivity contribution in [2.75, 3.05) is 20.3 Å². The normalized spacial score (nSPS) is 12.5. The van der Waals surface area contributed by atoms with Gasteiger partial charge in [0.25, 0.3) is 0 Å². The number of pyridine rings is 1. The van der Waals surface area contributed by atoms with Crippen molar-refractivity contribution in [1.82, 2.24) is 20.4 Å². The number of hydrogen-bond donors (Lipinski definition) is 1. The molecule has 0 aliphatic rings. The number of aromatic nitrogens is 3. The monoisotopic (exact) mass is 276 g/mol. The summed E-state index contributed by atoms with van der Waals surface area (Å²) in [4.78, 5) is 8.38. The lowest BCUT2D eigenvalue weighted by Crippen LogP contribution is -2.35. The Kier molecular flexibility index (Phi) is 5.64. The van der Waals surface area contributed by atoms with Crippen LogP contribution in [0.1, 0.15) is 19.2 Å². The van der Waals surface area contributed by atoms with Gasteiger partial charge in [0.05, 0.1) is 6.61 Å². The van der Waals surface area contributed by atoms with Crippen LogP contribution in [0.3, 0.4) is 0 Å². The van der Waals surface area contributed by atoms with Crippen LogP contribution in [0.5, 0.6) is 0 Å². The van der Waals surface area contributed by atoms with Crippen molar-refractivity contribution in [2.24, 2.45) is 0 Å². The predicted molar refractivity (Wildman–Crippen MR) is 75.2 cm³/mol. The van der Waals surface area contributed by atoms with E-state index in [1.807, 2.05) is 12.1 Å². The second-order valence-electron chi connectivity index (χ2n) is 4.56. The zero-order valence-electron chi connectivity index (χ0n) is 11.9. The summed E-state index contributed by atoms with van der Waals surface area (Å²) >= 11 is 0. The van der Waals surface area contributed by atoms with Gasteiger partial charge in [-0.3, -0.25) is 4.98 Å². The predicted octanol–water partition coefficient (Wildman–Crippen LogP) is 1.69. The van der Waals surface area contributed by atoms with E-state index >= 15 is 0 Å². The first kappa shape index (κ1) is 14.6. The summed E-state index contributed by atoms with van der Waals surface area (Å²) in [5.41, 5.74) is 0.903. The summed E-state index contributed by atoms with van der Waals surface area (Å²) in [5.74, 6) is 1.21. The van der Waals surface area contributed by atoms with E-state index in [2.05, 4.69) is 27.4 Å². The molecule has 20 heavy (non-hydrogen) atoms. The topological polar surface area (TPSA) is 73.1 Å². The molecule has 0 saturated heterocycles. The van der Waals surface area contributed by atoms with E-state index in [9.17, 15) is 0 Å². The SMILES string of the molecule is CCCNC(COC)Cc1nc(-c2ccncc2)no1. The fourth-order valence-corrected chi connectivity index (χ4v) is 1.91. The highest BCUT2D eigenvalue weighted by Crippen LogP contribution is 2.14. The van der Waals surface area contributed by atoms with Crippen LogP contribution >= 0.6 is 0 Å². The molecule has 0 aliphatic heterocycles. The number of rotatable bonds is 8. The minimum atomic E-state index is 0.186. The average Bonchev–Trinajstić information content (AvgIpc) is 2.94. The molecule has 108 valence electrons. The van der Waals surface area contributed by atoms with Gasteiger partial charge in [0.1, 0.15) is 0 Å². The molecule has 0 radical (unpaired) electrons. The van der Waals surface area contributed by atoms with Gasteiger partial charge in [-0.1, -0.05) is 12.1 Å². The highest BCUT2D eigenvalue weighted by atomic mass is 16.5. The van der Waals surface area contributed by atoms with Crippen LogP contribution in [0.4, 0.5) is 0 Å². The van der Waals surface area contributed by atoms with Gasteiger partial charge in [-0.15, -0.1) is 0 Å². The van der Waals surface area contributed by atoms with Gasteiger partial charge in [0.15, 0.2) is 0 Å². The summed E-state index contributed by atoms with van der Waals surface area (Å²) < 4.78 is 10.5. The van der Waals surface area contributed by atoms with E-state index in [4.69, 9.17) is 9.26 Å². The Labute approximate surface area is 118 Å². The second kappa shape index (κ2) is 7.72. The van der Waals surface area contributed by atoms with E-state index in [0.29, 0.717) is 24.7 Å². The maximum Gasteiger partial charge on any atom is 0.228 e. The van der Waals surface area contributed by atoms with Gasteiger partial charge in [-0.05, 0) is 25.1 Å². The van der Waals surface area contributed by atoms with Crippen molar-refractivity contribution in [2.45, 2.75) is 25.8 Å². The van der Waals surface area contributed by atoms with Crippen LogP contribution in [0.15, 0.2) is 29.0 Å². The molecule has 0 saturated carbocycles. The highest BCUT2D eigenvalue weighted by Gasteiger charge is 2.14. The minimum Gasteiger partial charge on any atom is -0.383 e. The summed E-state index contributed by atoms with van der Waals surface area (Å²) in [6, 6.07) is 3.90. The van der Waals surface area contributed by atoms with Crippen molar-refractivity contribution in [1.29, 1.82) is 0 Å². The van der Waals surface area contributed by atoms with E-state index in [0.717, 1.165) is 18.5 Å². The van der Waals surface area contributed by atoms with E-state index in [1.54, 1.807) is 19.5 Å². The molecule has 2 heterocycles. The molecule has 0 spiro atoms. The fourth-order valence-electron chi connectivity index (χ4n) is 1.91. The third kappa shape index (κ3) is 4.11. The summed E-state index contributed by atoms with van der Waals surface area (Å²) in [6.07, 6.45) is 5.15. The Morgan fingerprint density at radius 2 is 2.15 bits per heavy atom. The first-order valence-corrected chi connectivity index (χ1v) is 6.78. The molecule has 6 nitrogen and oxygen atoms in total. The van der Waals surface area contributed by atoms with Crippen LogP contribution in [0, 0.1) is 0 Å². The first-order valence-electron chi connectivity index (χ1n) is 6.78. The zero-order valence-corrected chi connectivity index (χ0v) is 11.9. The summed E-state index contributed by atoms with van der Waals surface area (Å²) in [7, 11) is 1.69. The number of methoxy groups -OCH3 is 1. The Balaban J connectivity index is 2.00. The number of hydrogen-bond acceptors (Lipinski definition) is 6. The van der Waals surface area contributed by atoms with Gasteiger partial charge in [0, 0.05) is 37.5 Å². The molecule has 1 N–H and O–H groups in total. The van der Waals surface area contributed by atoms with Gasteiger partial charge in [-0.2, -0.15) is 4.98 Å². The number of ether oxygens (including phenoxy) is 1. The second-order valence-corrected chi connectivity index (χ2v) is 4.56. The van der Waals surface area contributed by atoms with E-state index in [-0.39, 0.29) is 6.04 Å². The lowest BCUT2D eigenvalue weighted by Gasteiger charge is -2.15. The van der Waals surface area contributed by atoms with Crippen LogP contribution in [0.2, 0.25) is 0 Å². The molecule has 0 aliphatic carbocycles. The average molecular weight is 276 g/mol. The molecule has 6 heteroatoms. The molecule has 0 aromatic carbocycles. The zero-order chi connectivity index (χ0) is 14.2. The number of nitrogens with zero attached hydrogens (tertiary/aromatic N) is 3. The Bertz CT molecular complexity index is 501. The third-order valence-corrected chi connectivity index (χ3v) is 2.88.